The summed E-state index contributed by atoms with van der Waals surface area (Å²) in [5, 5.41) is 12.4. The Hall–Kier alpha value is -0.480. The minimum atomic E-state index is 0. The van der Waals surface area contributed by atoms with Crippen molar-refractivity contribution in [3.63, 3.8) is 0 Å². The minimum absolute atomic E-state index is 0. The molecule has 0 aliphatic carbocycles. The molecule has 2 aromatic heterocycles. The number of benzene rings is 1. The molecule has 4 N–H and O–H groups in total. The normalized spacial score (nSPS) is 14.5. The first-order chi connectivity index (χ1) is 13.1. The average molecular weight is 622 g/mol. The van der Waals surface area contributed by atoms with E-state index < -0.39 is 0 Å². The molecule has 4 rings (SSSR count). The van der Waals surface area contributed by atoms with Crippen molar-refractivity contribution in [2.24, 2.45) is 0 Å². The molecule has 3 aromatic rings. The van der Waals surface area contributed by atoms with Crippen LogP contribution in [0.1, 0.15) is 24.4 Å². The molecular formula is C19H23Br2Cl3N4OS. The third-order valence-corrected chi connectivity index (χ3v) is 6.70. The highest BCUT2D eigenvalue weighted by Gasteiger charge is 2.21. The summed E-state index contributed by atoms with van der Waals surface area (Å²) in [6.07, 6.45) is 2.03. The molecule has 0 fully saturated rings. The summed E-state index contributed by atoms with van der Waals surface area (Å²) in [7, 11) is 0. The van der Waals surface area contributed by atoms with Gasteiger partial charge in [-0.2, -0.15) is 0 Å². The van der Waals surface area contributed by atoms with Gasteiger partial charge in [0.2, 0.25) is 5.43 Å². The second kappa shape index (κ2) is 12.5. The topological polar surface area (TPSA) is 69.0 Å². The molecule has 0 spiro atoms. The quantitative estimate of drug-likeness (QED) is 0.243. The molecule has 1 aliphatic rings. The van der Waals surface area contributed by atoms with Crippen molar-refractivity contribution in [2.45, 2.75) is 18.9 Å². The molecular weight excluding hydrogens is 598 g/mol. The lowest BCUT2D eigenvalue weighted by Gasteiger charge is -2.29. The Morgan fingerprint density at radius 2 is 1.93 bits per heavy atom. The van der Waals surface area contributed by atoms with E-state index in [2.05, 4.69) is 64.9 Å². The fourth-order valence-electron chi connectivity index (χ4n) is 3.42. The maximum atomic E-state index is 12.1. The van der Waals surface area contributed by atoms with Crippen LogP contribution in [0.2, 0.25) is 0 Å². The number of halogens is 5. The van der Waals surface area contributed by atoms with Crippen LogP contribution in [0.5, 0.6) is 0 Å². The van der Waals surface area contributed by atoms with Gasteiger partial charge in [-0.15, -0.1) is 48.6 Å². The number of pyridine rings is 1. The standard InChI is InChI=1S/C19H20Br2N4OS.3ClH/c20-11-8-12-14(2-6-24-18(12)13(21)9-11)22-4-1-5-23-17-10-16(26)19-15(25-17)3-7-27-19;;;/h3,7-10,14,22,24H,1-2,4-6H2,(H2,23,25,26);3*1H. The van der Waals surface area contributed by atoms with Crippen LogP contribution in [0, 0.1) is 0 Å². The molecule has 3 heterocycles. The summed E-state index contributed by atoms with van der Waals surface area (Å²) in [5.41, 5.74) is 3.45. The molecule has 1 atom stereocenters. The minimum Gasteiger partial charge on any atom is -0.384 e. The van der Waals surface area contributed by atoms with E-state index in [1.807, 2.05) is 11.4 Å². The summed E-state index contributed by atoms with van der Waals surface area (Å²) in [6.45, 7) is 2.68. The van der Waals surface area contributed by atoms with Gasteiger partial charge in [0.15, 0.2) is 0 Å². The third-order valence-electron chi connectivity index (χ3n) is 4.69. The number of nitrogens with one attached hydrogen (secondary N) is 4. The molecule has 166 valence electrons. The molecule has 1 aromatic carbocycles. The van der Waals surface area contributed by atoms with E-state index in [0.29, 0.717) is 6.04 Å². The van der Waals surface area contributed by atoms with Crippen molar-refractivity contribution < 1.29 is 0 Å². The number of rotatable bonds is 6. The van der Waals surface area contributed by atoms with Crippen LogP contribution in [-0.2, 0) is 0 Å². The van der Waals surface area contributed by atoms with Crippen LogP contribution in [0.3, 0.4) is 0 Å². The van der Waals surface area contributed by atoms with E-state index in [0.717, 1.165) is 57.5 Å². The molecule has 0 radical (unpaired) electrons. The molecule has 5 nitrogen and oxygen atoms in total. The fraction of sp³-hybridized carbons (Fsp3) is 0.316. The van der Waals surface area contributed by atoms with Crippen molar-refractivity contribution in [2.75, 3.05) is 30.3 Å². The highest BCUT2D eigenvalue weighted by Crippen LogP contribution is 2.38. The van der Waals surface area contributed by atoms with Gasteiger partial charge in [-0.1, -0.05) is 15.9 Å². The predicted octanol–water partition coefficient (Wildman–Crippen LogP) is 6.33. The third kappa shape index (κ3) is 6.28. The Labute approximate surface area is 214 Å². The maximum absolute atomic E-state index is 12.1. The van der Waals surface area contributed by atoms with Crippen molar-refractivity contribution in [1.82, 2.24) is 10.3 Å². The first-order valence-electron chi connectivity index (χ1n) is 8.92. The van der Waals surface area contributed by atoms with E-state index in [1.54, 1.807) is 6.07 Å². The Bertz CT molecular complexity index is 1030. The highest BCUT2D eigenvalue weighted by molar-refractivity contribution is 9.11. The van der Waals surface area contributed by atoms with Crippen LogP contribution in [0.15, 0.2) is 43.4 Å². The molecule has 1 unspecified atom stereocenters. The van der Waals surface area contributed by atoms with Crippen molar-refractivity contribution in [1.29, 1.82) is 0 Å². The van der Waals surface area contributed by atoms with Crippen LogP contribution < -0.4 is 21.4 Å². The zero-order valence-electron chi connectivity index (χ0n) is 15.8. The van der Waals surface area contributed by atoms with Gasteiger partial charge < -0.3 is 20.9 Å². The largest absolute Gasteiger partial charge is 0.384 e. The monoisotopic (exact) mass is 618 g/mol. The van der Waals surface area contributed by atoms with Crippen LogP contribution in [-0.4, -0.2) is 24.6 Å². The predicted molar refractivity (Wildman–Crippen MR) is 143 cm³/mol. The number of hydrogen-bond acceptors (Lipinski definition) is 5. The fourth-order valence-corrected chi connectivity index (χ4v) is 5.58. The van der Waals surface area contributed by atoms with Gasteiger partial charge in [0.05, 0.1) is 15.9 Å². The molecule has 0 amide bonds. The van der Waals surface area contributed by atoms with Crippen LogP contribution in [0.4, 0.5) is 11.5 Å². The Morgan fingerprint density at radius 3 is 2.73 bits per heavy atom. The van der Waals surface area contributed by atoms with Crippen molar-refractivity contribution in [3.05, 3.63) is 54.4 Å². The molecule has 0 saturated carbocycles. The second-order valence-corrected chi connectivity index (χ2v) is 9.25. The number of anilines is 2. The molecule has 0 saturated heterocycles. The lowest BCUT2D eigenvalue weighted by Crippen LogP contribution is -2.30. The van der Waals surface area contributed by atoms with E-state index >= 15 is 0 Å². The highest BCUT2D eigenvalue weighted by atomic mass is 79.9. The first kappa shape index (κ1) is 27.6. The summed E-state index contributed by atoms with van der Waals surface area (Å²) < 4.78 is 2.95. The van der Waals surface area contributed by atoms with E-state index in [-0.39, 0.29) is 42.6 Å². The number of H-pyrrole nitrogens is 1. The number of aromatic nitrogens is 1. The Kier molecular flexibility index (Phi) is 11.5. The molecule has 30 heavy (non-hydrogen) atoms. The maximum Gasteiger partial charge on any atom is 0.201 e. The van der Waals surface area contributed by atoms with Crippen molar-refractivity contribution >= 4 is 102 Å². The Morgan fingerprint density at radius 1 is 1.13 bits per heavy atom. The van der Waals surface area contributed by atoms with Crippen LogP contribution >= 0.6 is 80.4 Å². The van der Waals surface area contributed by atoms with Crippen molar-refractivity contribution in [3.8, 4) is 0 Å². The zero-order chi connectivity index (χ0) is 18.8. The lowest BCUT2D eigenvalue weighted by molar-refractivity contribution is 0.497. The summed E-state index contributed by atoms with van der Waals surface area (Å²) >= 11 is 8.70. The SMILES string of the molecule is Cl.Cl.Cl.O=c1cc(NCCCNC2CCNc3c(Br)cc(Br)cc32)[nH]c2ccsc12. The van der Waals surface area contributed by atoms with Gasteiger partial charge in [0.1, 0.15) is 5.82 Å². The summed E-state index contributed by atoms with van der Waals surface area (Å²) in [4.78, 5) is 15.3. The average Bonchev–Trinajstić information content (AvgIpc) is 3.11. The number of aromatic amines is 1. The van der Waals surface area contributed by atoms with Gasteiger partial charge in [0.25, 0.3) is 0 Å². The van der Waals surface area contributed by atoms with Gasteiger partial charge in [0, 0.05) is 34.1 Å². The number of thiophene rings is 1. The summed E-state index contributed by atoms with van der Waals surface area (Å²) in [6, 6.07) is 8.19. The molecule has 0 bridgehead atoms. The molecule has 11 heteroatoms. The summed E-state index contributed by atoms with van der Waals surface area (Å²) in [5.74, 6) is 0.783. The lowest BCUT2D eigenvalue weighted by atomic mass is 9.98. The zero-order valence-corrected chi connectivity index (χ0v) is 22.2. The van der Waals surface area contributed by atoms with Gasteiger partial charge in [-0.05, 0) is 64.5 Å². The van der Waals surface area contributed by atoms with E-state index in [9.17, 15) is 4.79 Å². The van der Waals surface area contributed by atoms with Gasteiger partial charge >= 0.3 is 0 Å². The smallest absolute Gasteiger partial charge is 0.201 e. The van der Waals surface area contributed by atoms with Gasteiger partial charge in [-0.25, -0.2) is 0 Å². The number of hydrogen-bond donors (Lipinski definition) is 4. The van der Waals surface area contributed by atoms with Gasteiger partial charge in [-0.3, -0.25) is 4.79 Å². The van der Waals surface area contributed by atoms with Crippen LogP contribution in [0.25, 0.3) is 10.2 Å². The second-order valence-electron chi connectivity index (χ2n) is 6.56. The molecule has 1 aliphatic heterocycles. The first-order valence-corrected chi connectivity index (χ1v) is 11.4. The number of fused-ring (bicyclic) bond motifs is 2. The van der Waals surface area contributed by atoms with E-state index in [4.69, 9.17) is 0 Å². The van der Waals surface area contributed by atoms with E-state index in [1.165, 1.54) is 22.6 Å². The Balaban J connectivity index is 0.00000150.